The molecule has 4 heteroatoms. The Balaban J connectivity index is 1.64. The predicted octanol–water partition coefficient (Wildman–Crippen LogP) is 8.64. The Morgan fingerprint density at radius 2 is 0.667 bits per heavy atom. The monoisotopic (exact) mass is 464 g/mol. The Hall–Kier alpha value is -4.96. The topological polar surface area (TPSA) is 52.1 Å². The van der Waals surface area contributed by atoms with Gasteiger partial charge in [0.15, 0.2) is 11.2 Å². The van der Waals surface area contributed by atoms with E-state index in [0.717, 1.165) is 44.4 Å². The van der Waals surface area contributed by atoms with Gasteiger partial charge < -0.3 is 8.83 Å². The summed E-state index contributed by atoms with van der Waals surface area (Å²) in [5, 5.41) is 0. The number of oxazole rings is 2. The first-order valence-electron chi connectivity index (χ1n) is 11.9. The van der Waals surface area contributed by atoms with Crippen LogP contribution >= 0.6 is 0 Å². The van der Waals surface area contributed by atoms with Crippen molar-refractivity contribution >= 4 is 22.2 Å². The van der Waals surface area contributed by atoms with Crippen LogP contribution in [0.2, 0.25) is 0 Å². The lowest BCUT2D eigenvalue weighted by Gasteiger charge is -2.08. The number of rotatable bonds is 4. The molecule has 7 rings (SSSR count). The van der Waals surface area contributed by atoms with Crippen molar-refractivity contribution < 1.29 is 8.83 Å². The fourth-order valence-corrected chi connectivity index (χ4v) is 4.69. The fourth-order valence-electron chi connectivity index (χ4n) is 4.69. The van der Waals surface area contributed by atoms with Gasteiger partial charge in [-0.1, -0.05) is 97.1 Å². The molecule has 0 amide bonds. The van der Waals surface area contributed by atoms with Crippen LogP contribution < -0.4 is 0 Å². The van der Waals surface area contributed by atoms with Gasteiger partial charge in [0.05, 0.1) is 11.1 Å². The van der Waals surface area contributed by atoms with Crippen molar-refractivity contribution in [1.29, 1.82) is 0 Å². The lowest BCUT2D eigenvalue weighted by Crippen LogP contribution is -1.88. The molecule has 0 aliphatic heterocycles. The average molecular weight is 465 g/mol. The first kappa shape index (κ1) is 20.4. The summed E-state index contributed by atoms with van der Waals surface area (Å²) in [6, 6.07) is 40.3. The van der Waals surface area contributed by atoms with Crippen molar-refractivity contribution in [2.45, 2.75) is 0 Å². The minimum Gasteiger partial charge on any atom is -0.435 e. The van der Waals surface area contributed by atoms with Crippen LogP contribution in [-0.4, -0.2) is 9.97 Å². The number of hydrogen-bond acceptors (Lipinski definition) is 4. The maximum absolute atomic E-state index is 6.53. The predicted molar refractivity (Wildman–Crippen MR) is 143 cm³/mol. The van der Waals surface area contributed by atoms with Crippen LogP contribution in [0.15, 0.2) is 130 Å². The molecule has 2 aromatic heterocycles. The maximum atomic E-state index is 6.53. The highest BCUT2D eigenvalue weighted by Gasteiger charge is 2.26. The molecule has 170 valence electrons. The third-order valence-electron chi connectivity index (χ3n) is 6.35. The maximum Gasteiger partial charge on any atom is 0.227 e. The van der Waals surface area contributed by atoms with E-state index in [1.807, 2.05) is 97.1 Å². The highest BCUT2D eigenvalue weighted by Crippen LogP contribution is 2.45. The normalized spacial score (nSPS) is 11.3. The smallest absolute Gasteiger partial charge is 0.227 e. The zero-order chi connectivity index (χ0) is 23.9. The first-order chi connectivity index (χ1) is 17.9. The summed E-state index contributed by atoms with van der Waals surface area (Å²) in [5.41, 5.74) is 8.47. The van der Waals surface area contributed by atoms with Gasteiger partial charge >= 0.3 is 0 Å². The van der Waals surface area contributed by atoms with Crippen LogP contribution in [0.25, 0.3) is 67.4 Å². The summed E-state index contributed by atoms with van der Waals surface area (Å²) >= 11 is 0. The summed E-state index contributed by atoms with van der Waals surface area (Å²) < 4.78 is 13.1. The van der Waals surface area contributed by atoms with Gasteiger partial charge in [0.25, 0.3) is 0 Å². The van der Waals surface area contributed by atoms with Crippen LogP contribution in [0.3, 0.4) is 0 Å². The minimum absolute atomic E-state index is 0.566. The second kappa shape index (κ2) is 8.36. The zero-order valence-corrected chi connectivity index (χ0v) is 19.3. The molecule has 0 atom stereocenters. The van der Waals surface area contributed by atoms with Gasteiger partial charge in [0.1, 0.15) is 11.0 Å². The lowest BCUT2D eigenvalue weighted by atomic mass is 9.96. The van der Waals surface area contributed by atoms with E-state index in [4.69, 9.17) is 18.8 Å². The molecule has 0 saturated carbocycles. The van der Waals surface area contributed by atoms with Crippen LogP contribution in [0, 0.1) is 0 Å². The van der Waals surface area contributed by atoms with E-state index in [9.17, 15) is 0 Å². The number of hydrogen-bond donors (Lipinski definition) is 0. The molecule has 0 fully saturated rings. The second-order valence-corrected chi connectivity index (χ2v) is 8.61. The van der Waals surface area contributed by atoms with Crippen molar-refractivity contribution in [3.05, 3.63) is 121 Å². The van der Waals surface area contributed by atoms with E-state index in [1.54, 1.807) is 0 Å². The molecule has 36 heavy (non-hydrogen) atoms. The standard InChI is InChI=1S/C32H20N2O2/c1-5-13-21(14-6-1)25-27-30(36-31(33-27)23-17-9-3-10-18-23)26(22-15-7-2-8-16-22)28-29(25)35-32(34-28)24-19-11-4-12-20-24/h1-20H. The Morgan fingerprint density at radius 1 is 0.361 bits per heavy atom. The Kier molecular flexibility index (Phi) is 4.74. The molecule has 5 aromatic carbocycles. The molecule has 0 spiro atoms. The van der Waals surface area contributed by atoms with E-state index >= 15 is 0 Å². The van der Waals surface area contributed by atoms with Crippen molar-refractivity contribution in [3.8, 4) is 45.2 Å². The van der Waals surface area contributed by atoms with E-state index in [1.165, 1.54) is 0 Å². The molecule has 4 nitrogen and oxygen atoms in total. The first-order valence-corrected chi connectivity index (χ1v) is 11.9. The summed E-state index contributed by atoms with van der Waals surface area (Å²) in [5.74, 6) is 1.13. The van der Waals surface area contributed by atoms with Crippen molar-refractivity contribution in [3.63, 3.8) is 0 Å². The van der Waals surface area contributed by atoms with Crippen LogP contribution in [0.4, 0.5) is 0 Å². The van der Waals surface area contributed by atoms with Gasteiger partial charge in [-0.15, -0.1) is 0 Å². The van der Waals surface area contributed by atoms with E-state index in [2.05, 4.69) is 24.3 Å². The van der Waals surface area contributed by atoms with Gasteiger partial charge in [0.2, 0.25) is 11.8 Å². The summed E-state index contributed by atoms with van der Waals surface area (Å²) in [4.78, 5) is 10.0. The van der Waals surface area contributed by atoms with Crippen molar-refractivity contribution in [1.82, 2.24) is 9.97 Å². The highest BCUT2D eigenvalue weighted by atomic mass is 16.4. The van der Waals surface area contributed by atoms with Gasteiger partial charge in [-0.2, -0.15) is 0 Å². The molecule has 0 aliphatic rings. The molecule has 2 heterocycles. The quantitative estimate of drug-likeness (QED) is 0.262. The number of nitrogens with zero attached hydrogens (tertiary/aromatic N) is 2. The van der Waals surface area contributed by atoms with Crippen molar-refractivity contribution in [2.24, 2.45) is 0 Å². The minimum atomic E-state index is 0.566. The number of aromatic nitrogens is 2. The molecule has 0 unspecified atom stereocenters. The molecular formula is C32H20N2O2. The molecule has 0 aliphatic carbocycles. The van der Waals surface area contributed by atoms with Crippen LogP contribution in [-0.2, 0) is 0 Å². The number of benzene rings is 5. The van der Waals surface area contributed by atoms with Gasteiger partial charge in [-0.25, -0.2) is 9.97 Å². The molecule has 0 radical (unpaired) electrons. The van der Waals surface area contributed by atoms with E-state index in [-0.39, 0.29) is 0 Å². The van der Waals surface area contributed by atoms with E-state index in [0.29, 0.717) is 22.9 Å². The molecule has 0 saturated heterocycles. The molecular weight excluding hydrogens is 444 g/mol. The lowest BCUT2D eigenvalue weighted by molar-refractivity contribution is 0.619. The van der Waals surface area contributed by atoms with Gasteiger partial charge in [-0.05, 0) is 35.4 Å². The van der Waals surface area contributed by atoms with Crippen molar-refractivity contribution in [2.75, 3.05) is 0 Å². The summed E-state index contributed by atoms with van der Waals surface area (Å²) in [7, 11) is 0. The Bertz CT molecular complexity index is 1610. The van der Waals surface area contributed by atoms with Crippen LogP contribution in [0.1, 0.15) is 0 Å². The fraction of sp³-hybridized carbons (Fsp3) is 0. The third-order valence-corrected chi connectivity index (χ3v) is 6.35. The highest BCUT2D eigenvalue weighted by molar-refractivity contribution is 6.16. The number of fused-ring (bicyclic) bond motifs is 2. The Morgan fingerprint density at radius 3 is 1.00 bits per heavy atom. The van der Waals surface area contributed by atoms with E-state index < -0.39 is 0 Å². The molecule has 7 aromatic rings. The average Bonchev–Trinajstić information content (AvgIpc) is 3.59. The zero-order valence-electron chi connectivity index (χ0n) is 19.3. The summed E-state index contributed by atoms with van der Waals surface area (Å²) in [6.45, 7) is 0. The van der Waals surface area contributed by atoms with Crippen LogP contribution in [0.5, 0.6) is 0 Å². The van der Waals surface area contributed by atoms with Gasteiger partial charge in [0, 0.05) is 11.1 Å². The Labute approximate surface area is 207 Å². The van der Waals surface area contributed by atoms with Gasteiger partial charge in [-0.3, -0.25) is 0 Å². The molecule has 0 N–H and O–H groups in total. The largest absolute Gasteiger partial charge is 0.435 e. The molecule has 0 bridgehead atoms. The third kappa shape index (κ3) is 3.31. The summed E-state index contributed by atoms with van der Waals surface area (Å²) in [6.07, 6.45) is 0. The SMILES string of the molecule is c1ccc(-c2nc3c(-c4ccccc4)c4oc(-c5ccccc5)nc4c(-c4ccccc4)c3o2)cc1. The second-order valence-electron chi connectivity index (χ2n) is 8.61.